The first-order chi connectivity index (χ1) is 15.2. The van der Waals surface area contributed by atoms with Crippen LogP contribution in [0.1, 0.15) is 63.8 Å². The highest BCUT2D eigenvalue weighted by molar-refractivity contribution is 5.67. The number of ether oxygens (including phenoxy) is 1. The molecule has 32 heavy (non-hydrogen) atoms. The molecule has 0 fully saturated rings. The van der Waals surface area contributed by atoms with Crippen LogP contribution in [0.3, 0.4) is 0 Å². The van der Waals surface area contributed by atoms with Crippen molar-refractivity contribution in [3.05, 3.63) is 63.4 Å². The normalized spacial score (nSPS) is 16.5. The number of benzene rings is 1. The molecule has 4 rings (SSSR count). The number of hydrogen-bond acceptors (Lipinski definition) is 5. The Morgan fingerprint density at radius 2 is 2.03 bits per heavy atom. The summed E-state index contributed by atoms with van der Waals surface area (Å²) in [6.07, 6.45) is 6.67. The Bertz CT molecular complexity index is 1180. The summed E-state index contributed by atoms with van der Waals surface area (Å²) >= 11 is 0. The van der Waals surface area contributed by atoms with E-state index in [2.05, 4.69) is 35.9 Å². The van der Waals surface area contributed by atoms with Gasteiger partial charge in [0.2, 0.25) is 5.82 Å². The van der Waals surface area contributed by atoms with Crippen molar-refractivity contribution in [2.24, 2.45) is 11.3 Å². The van der Waals surface area contributed by atoms with Gasteiger partial charge in [-0.25, -0.2) is 0 Å². The van der Waals surface area contributed by atoms with Gasteiger partial charge >= 0.3 is 0 Å². The number of rotatable bonds is 5. The van der Waals surface area contributed by atoms with Crippen molar-refractivity contribution in [3.8, 4) is 17.1 Å². The average Bonchev–Trinajstić information content (AvgIpc) is 3.19. The average molecular weight is 434 g/mol. The first-order valence-electron chi connectivity index (χ1n) is 11.2. The Morgan fingerprint density at radius 3 is 2.78 bits per heavy atom. The first-order valence-corrected chi connectivity index (χ1v) is 11.2. The summed E-state index contributed by atoms with van der Waals surface area (Å²) in [5.41, 5.74) is 3.68. The maximum absolute atomic E-state index is 12.7. The molecule has 3 aromatic rings. The number of H-pyrrole nitrogens is 1. The van der Waals surface area contributed by atoms with Crippen LogP contribution in [0.4, 0.5) is 0 Å². The van der Waals surface area contributed by atoms with Crippen LogP contribution in [0.25, 0.3) is 23.5 Å². The molecular formula is C26H31N3O3. The molecule has 0 amide bonds. The molecule has 168 valence electrons. The van der Waals surface area contributed by atoms with Gasteiger partial charge in [-0.3, -0.25) is 4.79 Å². The Hall–Kier alpha value is -3.15. The lowest BCUT2D eigenvalue weighted by Gasteiger charge is -2.34. The van der Waals surface area contributed by atoms with E-state index in [0.717, 1.165) is 36.3 Å². The second-order valence-electron chi connectivity index (χ2n) is 9.85. The number of pyridine rings is 1. The van der Waals surface area contributed by atoms with Gasteiger partial charge in [-0.05, 0) is 79.8 Å². The van der Waals surface area contributed by atoms with Crippen LogP contribution in [0.15, 0.2) is 39.6 Å². The van der Waals surface area contributed by atoms with Crippen LogP contribution in [0.5, 0.6) is 5.75 Å². The third-order valence-corrected chi connectivity index (χ3v) is 5.98. The molecule has 0 saturated heterocycles. The minimum atomic E-state index is -0.173. The van der Waals surface area contributed by atoms with Gasteiger partial charge in [-0.2, -0.15) is 4.98 Å². The largest absolute Gasteiger partial charge is 0.491 e. The van der Waals surface area contributed by atoms with Crippen molar-refractivity contribution in [1.29, 1.82) is 0 Å². The predicted molar refractivity (Wildman–Crippen MR) is 126 cm³/mol. The van der Waals surface area contributed by atoms with E-state index in [1.807, 2.05) is 50.3 Å². The minimum absolute atomic E-state index is 0.112. The second kappa shape index (κ2) is 8.77. The molecule has 0 spiro atoms. The molecule has 2 aromatic heterocycles. The minimum Gasteiger partial charge on any atom is -0.491 e. The standard InChI is InChI=1S/C26H31N3O3/c1-16(2)31-20-8-6-7-17(13-20)9-12-23-28-24(29-32-23)21-15-18-14-19(26(3,4)5)10-11-22(18)27-25(21)30/h6-9,12-13,15-16,19H,10-11,14H2,1-5H3,(H,27,30)/b12-9+. The molecule has 0 aliphatic heterocycles. The number of fused-ring (bicyclic) bond motifs is 1. The molecule has 1 unspecified atom stereocenters. The summed E-state index contributed by atoms with van der Waals surface area (Å²) in [5.74, 6) is 2.04. The number of nitrogens with zero attached hydrogens (tertiary/aromatic N) is 2. The monoisotopic (exact) mass is 433 g/mol. The van der Waals surface area contributed by atoms with Gasteiger partial charge < -0.3 is 14.2 Å². The number of aromatic nitrogens is 3. The third-order valence-electron chi connectivity index (χ3n) is 5.98. The number of aromatic amines is 1. The lowest BCUT2D eigenvalue weighted by Crippen LogP contribution is -2.29. The summed E-state index contributed by atoms with van der Waals surface area (Å²) in [6.45, 7) is 10.8. The van der Waals surface area contributed by atoms with Crippen LogP contribution in [-0.2, 0) is 12.8 Å². The molecule has 2 heterocycles. The van der Waals surface area contributed by atoms with Crippen LogP contribution < -0.4 is 10.3 Å². The highest BCUT2D eigenvalue weighted by Gasteiger charge is 2.29. The summed E-state index contributed by atoms with van der Waals surface area (Å²) in [7, 11) is 0. The zero-order valence-corrected chi connectivity index (χ0v) is 19.4. The van der Waals surface area contributed by atoms with Gasteiger partial charge in [0.25, 0.3) is 11.4 Å². The van der Waals surface area contributed by atoms with E-state index >= 15 is 0 Å². The van der Waals surface area contributed by atoms with Crippen LogP contribution in [0, 0.1) is 11.3 Å². The first kappa shape index (κ1) is 22.1. The number of hydrogen-bond donors (Lipinski definition) is 1. The van der Waals surface area contributed by atoms with Crippen LogP contribution in [-0.4, -0.2) is 21.2 Å². The molecule has 0 bridgehead atoms. The summed E-state index contributed by atoms with van der Waals surface area (Å²) in [6, 6.07) is 9.73. The Labute approximate surface area is 188 Å². The molecule has 0 radical (unpaired) electrons. The summed E-state index contributed by atoms with van der Waals surface area (Å²) < 4.78 is 11.1. The highest BCUT2D eigenvalue weighted by Crippen LogP contribution is 2.37. The van der Waals surface area contributed by atoms with E-state index in [1.54, 1.807) is 6.08 Å². The van der Waals surface area contributed by atoms with Gasteiger partial charge in [0, 0.05) is 11.8 Å². The van der Waals surface area contributed by atoms with Gasteiger partial charge in [-0.1, -0.05) is 38.1 Å². The van der Waals surface area contributed by atoms with E-state index < -0.39 is 0 Å². The molecule has 0 saturated carbocycles. The zero-order valence-electron chi connectivity index (χ0n) is 19.4. The molecule has 1 N–H and O–H groups in total. The lowest BCUT2D eigenvalue weighted by atomic mass is 9.71. The molecule has 1 aliphatic rings. The Morgan fingerprint density at radius 1 is 1.22 bits per heavy atom. The third kappa shape index (κ3) is 5.01. The maximum Gasteiger partial charge on any atom is 0.259 e. The van der Waals surface area contributed by atoms with Crippen LogP contribution in [0.2, 0.25) is 0 Å². The SMILES string of the molecule is CC(C)Oc1cccc(/C=C/c2nc(-c3cc4c([nH]c3=O)CCC(C(C)(C)C)C4)no2)c1. The second-order valence-corrected chi connectivity index (χ2v) is 9.85. The van der Waals surface area contributed by atoms with Gasteiger partial charge in [0.1, 0.15) is 5.75 Å². The smallest absolute Gasteiger partial charge is 0.259 e. The molecular weight excluding hydrogens is 402 g/mol. The molecule has 6 nitrogen and oxygen atoms in total. The quantitative estimate of drug-likeness (QED) is 0.572. The van der Waals surface area contributed by atoms with Gasteiger partial charge in [-0.15, -0.1) is 0 Å². The fourth-order valence-corrected chi connectivity index (χ4v) is 4.15. The van der Waals surface area contributed by atoms with Crippen molar-refractivity contribution in [2.75, 3.05) is 0 Å². The Kier molecular flexibility index (Phi) is 6.04. The zero-order chi connectivity index (χ0) is 22.9. The van der Waals surface area contributed by atoms with Gasteiger partial charge in [0.15, 0.2) is 0 Å². The fourth-order valence-electron chi connectivity index (χ4n) is 4.15. The van der Waals surface area contributed by atoms with E-state index in [4.69, 9.17) is 9.26 Å². The van der Waals surface area contributed by atoms with Crippen LogP contribution >= 0.6 is 0 Å². The number of nitrogens with one attached hydrogen (secondary N) is 1. The van der Waals surface area contributed by atoms with Gasteiger partial charge in [0.05, 0.1) is 11.7 Å². The van der Waals surface area contributed by atoms with E-state index in [-0.39, 0.29) is 17.1 Å². The van der Waals surface area contributed by atoms with E-state index in [0.29, 0.717) is 23.2 Å². The van der Waals surface area contributed by atoms with E-state index in [1.165, 1.54) is 5.56 Å². The van der Waals surface area contributed by atoms with Crippen molar-refractivity contribution < 1.29 is 9.26 Å². The molecule has 6 heteroatoms. The van der Waals surface area contributed by atoms with Crippen molar-refractivity contribution >= 4 is 12.2 Å². The maximum atomic E-state index is 12.7. The lowest BCUT2D eigenvalue weighted by molar-refractivity contribution is 0.215. The highest BCUT2D eigenvalue weighted by atomic mass is 16.5. The summed E-state index contributed by atoms with van der Waals surface area (Å²) in [4.78, 5) is 20.1. The van der Waals surface area contributed by atoms with Crippen molar-refractivity contribution in [1.82, 2.24) is 15.1 Å². The topological polar surface area (TPSA) is 81.0 Å². The van der Waals surface area contributed by atoms with Crippen molar-refractivity contribution in [2.45, 2.75) is 60.0 Å². The summed E-state index contributed by atoms with van der Waals surface area (Å²) in [5, 5.41) is 4.05. The molecule has 1 atom stereocenters. The van der Waals surface area contributed by atoms with Crippen molar-refractivity contribution in [3.63, 3.8) is 0 Å². The van der Waals surface area contributed by atoms with E-state index in [9.17, 15) is 4.79 Å². The molecule has 1 aliphatic carbocycles. The number of aryl methyl sites for hydroxylation is 1. The fraction of sp³-hybridized carbons (Fsp3) is 0.423. The predicted octanol–water partition coefficient (Wildman–Crippen LogP) is 5.53. The molecule has 1 aromatic carbocycles. The Balaban J connectivity index is 1.55.